The van der Waals surface area contributed by atoms with Crippen molar-refractivity contribution in [1.29, 1.82) is 5.26 Å². The molecule has 1 aromatic rings. The lowest BCUT2D eigenvalue weighted by Gasteiger charge is -2.11. The van der Waals surface area contributed by atoms with Crippen LogP contribution in [0, 0.1) is 18.3 Å². The summed E-state index contributed by atoms with van der Waals surface area (Å²) < 4.78 is 25.7. The highest BCUT2D eigenvalue weighted by atomic mass is 19.3. The molecule has 1 aromatic heterocycles. The first-order valence-corrected chi connectivity index (χ1v) is 3.71. The minimum Gasteiger partial charge on any atom is -0.242 e. The topological polar surface area (TPSA) is 36.7 Å². The van der Waals surface area contributed by atoms with Gasteiger partial charge in [0.05, 0.1) is 5.56 Å². The average Bonchev–Trinajstić information content (AvgIpc) is 2.01. The molecule has 0 unspecified atom stereocenters. The van der Waals surface area contributed by atoms with Gasteiger partial charge in [-0.1, -0.05) is 0 Å². The Balaban J connectivity index is 3.32. The summed E-state index contributed by atoms with van der Waals surface area (Å²) in [6.07, 6.45) is 0. The fourth-order valence-corrected chi connectivity index (χ4v) is 0.996. The Morgan fingerprint density at radius 1 is 1.46 bits per heavy atom. The standard InChI is InChI=1S/C9H8F2N2/c1-6-3-4-7(9(2,10)11)8(5-12)13-6/h3-4H,1-2H3. The largest absolute Gasteiger partial charge is 0.273 e. The number of pyridine rings is 1. The molecule has 0 saturated heterocycles. The molecule has 0 N–H and O–H groups in total. The van der Waals surface area contributed by atoms with Crippen LogP contribution in [0.3, 0.4) is 0 Å². The van der Waals surface area contributed by atoms with Gasteiger partial charge in [0.25, 0.3) is 5.92 Å². The molecule has 1 heterocycles. The predicted octanol–water partition coefficient (Wildman–Crippen LogP) is 2.37. The lowest BCUT2D eigenvalue weighted by atomic mass is 10.1. The second-order valence-electron chi connectivity index (χ2n) is 2.85. The number of alkyl halides is 2. The molecule has 0 atom stereocenters. The number of aryl methyl sites for hydroxylation is 1. The van der Waals surface area contributed by atoms with E-state index in [1.165, 1.54) is 12.1 Å². The van der Waals surface area contributed by atoms with Crippen LogP contribution in [0.1, 0.15) is 23.9 Å². The van der Waals surface area contributed by atoms with Crippen LogP contribution < -0.4 is 0 Å². The van der Waals surface area contributed by atoms with E-state index >= 15 is 0 Å². The maximum atomic E-state index is 12.8. The van der Waals surface area contributed by atoms with E-state index in [-0.39, 0.29) is 11.3 Å². The Morgan fingerprint density at radius 2 is 2.08 bits per heavy atom. The third-order valence-electron chi connectivity index (χ3n) is 1.61. The van der Waals surface area contributed by atoms with Gasteiger partial charge in [0.15, 0.2) is 0 Å². The molecule has 4 heteroatoms. The molecule has 0 spiro atoms. The van der Waals surface area contributed by atoms with Gasteiger partial charge < -0.3 is 0 Å². The van der Waals surface area contributed by atoms with E-state index in [2.05, 4.69) is 4.98 Å². The van der Waals surface area contributed by atoms with Crippen molar-refractivity contribution in [1.82, 2.24) is 4.98 Å². The van der Waals surface area contributed by atoms with Crippen LogP contribution in [0.2, 0.25) is 0 Å². The monoisotopic (exact) mass is 182 g/mol. The Hall–Kier alpha value is -1.50. The molecule has 68 valence electrons. The van der Waals surface area contributed by atoms with E-state index in [1.807, 2.05) is 0 Å². The molecule has 0 fully saturated rings. The van der Waals surface area contributed by atoms with Crippen molar-refractivity contribution in [3.63, 3.8) is 0 Å². The van der Waals surface area contributed by atoms with Crippen LogP contribution in [-0.2, 0) is 5.92 Å². The summed E-state index contributed by atoms with van der Waals surface area (Å²) in [5.74, 6) is -3.01. The van der Waals surface area contributed by atoms with Gasteiger partial charge in [-0.15, -0.1) is 0 Å². The van der Waals surface area contributed by atoms with E-state index in [4.69, 9.17) is 5.26 Å². The van der Waals surface area contributed by atoms with Crippen LogP contribution in [-0.4, -0.2) is 4.98 Å². The van der Waals surface area contributed by atoms with Gasteiger partial charge in [-0.05, 0) is 19.1 Å². The number of nitriles is 1. The van der Waals surface area contributed by atoms with Crippen molar-refractivity contribution in [2.45, 2.75) is 19.8 Å². The lowest BCUT2D eigenvalue weighted by Crippen LogP contribution is -2.11. The molecule has 0 aliphatic heterocycles. The fourth-order valence-electron chi connectivity index (χ4n) is 0.996. The molecule has 0 radical (unpaired) electrons. The smallest absolute Gasteiger partial charge is 0.242 e. The molecule has 1 rings (SSSR count). The highest BCUT2D eigenvalue weighted by molar-refractivity contribution is 5.35. The number of aromatic nitrogens is 1. The van der Waals surface area contributed by atoms with Crippen molar-refractivity contribution >= 4 is 0 Å². The number of hydrogen-bond donors (Lipinski definition) is 0. The predicted molar refractivity (Wildman–Crippen MR) is 43.3 cm³/mol. The summed E-state index contributed by atoms with van der Waals surface area (Å²) >= 11 is 0. The Bertz CT molecular complexity index is 361. The lowest BCUT2D eigenvalue weighted by molar-refractivity contribution is 0.0168. The van der Waals surface area contributed by atoms with E-state index < -0.39 is 5.92 Å². The van der Waals surface area contributed by atoms with Gasteiger partial charge in [-0.2, -0.15) is 5.26 Å². The zero-order valence-corrected chi connectivity index (χ0v) is 7.31. The quantitative estimate of drug-likeness (QED) is 0.668. The van der Waals surface area contributed by atoms with E-state index in [0.717, 1.165) is 6.92 Å². The maximum Gasteiger partial charge on any atom is 0.273 e. The van der Waals surface area contributed by atoms with Gasteiger partial charge in [0.1, 0.15) is 11.8 Å². The SMILES string of the molecule is Cc1ccc(C(C)(F)F)c(C#N)n1. The van der Waals surface area contributed by atoms with Crippen molar-refractivity contribution in [2.75, 3.05) is 0 Å². The molecule has 0 amide bonds. The highest BCUT2D eigenvalue weighted by Gasteiger charge is 2.28. The van der Waals surface area contributed by atoms with Gasteiger partial charge >= 0.3 is 0 Å². The second-order valence-corrected chi connectivity index (χ2v) is 2.85. The summed E-state index contributed by atoms with van der Waals surface area (Å²) in [6.45, 7) is 2.40. The Labute approximate surface area is 74.8 Å². The number of nitrogens with zero attached hydrogens (tertiary/aromatic N) is 2. The van der Waals surface area contributed by atoms with Gasteiger partial charge in [0.2, 0.25) is 0 Å². The van der Waals surface area contributed by atoms with Crippen molar-refractivity contribution in [3.05, 3.63) is 29.1 Å². The third-order valence-corrected chi connectivity index (χ3v) is 1.61. The molecular formula is C9H8F2N2. The fraction of sp³-hybridized carbons (Fsp3) is 0.333. The molecule has 2 nitrogen and oxygen atoms in total. The summed E-state index contributed by atoms with van der Waals surface area (Å²) in [5.41, 5.74) is 0.0395. The number of hydrogen-bond acceptors (Lipinski definition) is 2. The molecule has 0 saturated carbocycles. The summed E-state index contributed by atoms with van der Waals surface area (Å²) in [4.78, 5) is 3.72. The normalized spacial score (nSPS) is 11.0. The van der Waals surface area contributed by atoms with Gasteiger partial charge in [0, 0.05) is 12.6 Å². The van der Waals surface area contributed by atoms with E-state index in [9.17, 15) is 8.78 Å². The van der Waals surface area contributed by atoms with Crippen molar-refractivity contribution < 1.29 is 8.78 Å². The molecule has 0 aliphatic carbocycles. The first-order chi connectivity index (χ1) is 5.95. The molecular weight excluding hydrogens is 174 g/mol. The van der Waals surface area contributed by atoms with E-state index in [1.54, 1.807) is 13.0 Å². The Morgan fingerprint density at radius 3 is 2.54 bits per heavy atom. The summed E-state index contributed by atoms with van der Waals surface area (Å²) in [5, 5.41) is 8.56. The molecule has 0 aromatic carbocycles. The van der Waals surface area contributed by atoms with E-state index in [0.29, 0.717) is 5.69 Å². The van der Waals surface area contributed by atoms with Crippen LogP contribution >= 0.6 is 0 Å². The first kappa shape index (κ1) is 9.59. The van der Waals surface area contributed by atoms with Crippen LogP contribution in [0.5, 0.6) is 0 Å². The van der Waals surface area contributed by atoms with Gasteiger partial charge in [-0.3, -0.25) is 0 Å². The number of rotatable bonds is 1. The van der Waals surface area contributed by atoms with Crippen LogP contribution in [0.15, 0.2) is 12.1 Å². The summed E-state index contributed by atoms with van der Waals surface area (Å²) in [7, 11) is 0. The van der Waals surface area contributed by atoms with Crippen LogP contribution in [0.4, 0.5) is 8.78 Å². The maximum absolute atomic E-state index is 12.8. The zero-order valence-electron chi connectivity index (χ0n) is 7.31. The van der Waals surface area contributed by atoms with Gasteiger partial charge in [-0.25, -0.2) is 13.8 Å². The highest BCUT2D eigenvalue weighted by Crippen LogP contribution is 2.28. The molecule has 0 aliphatic rings. The summed E-state index contributed by atoms with van der Waals surface area (Å²) in [6, 6.07) is 4.35. The molecule has 13 heavy (non-hydrogen) atoms. The molecule has 0 bridgehead atoms. The second kappa shape index (κ2) is 3.09. The minimum absolute atomic E-state index is 0.201. The van der Waals surface area contributed by atoms with Crippen molar-refractivity contribution in [2.24, 2.45) is 0 Å². The third kappa shape index (κ3) is 2.00. The van der Waals surface area contributed by atoms with Crippen molar-refractivity contribution in [3.8, 4) is 6.07 Å². The minimum atomic E-state index is -3.01. The Kier molecular flexibility index (Phi) is 2.28. The zero-order chi connectivity index (χ0) is 10.1. The number of halogens is 2. The first-order valence-electron chi connectivity index (χ1n) is 3.71. The average molecular weight is 182 g/mol. The van der Waals surface area contributed by atoms with Crippen LogP contribution in [0.25, 0.3) is 0 Å².